The highest BCUT2D eigenvalue weighted by Crippen LogP contribution is 2.42. The molecule has 1 aliphatic rings. The molecule has 10 heteroatoms. The number of hydrogen-bond acceptors (Lipinski definition) is 8. The highest BCUT2D eigenvalue weighted by Gasteiger charge is 2.58. The first-order valence-corrected chi connectivity index (χ1v) is 10.2. The lowest BCUT2D eigenvalue weighted by molar-refractivity contribution is -0.384. The van der Waals surface area contributed by atoms with Crippen molar-refractivity contribution in [2.75, 3.05) is 7.11 Å². The number of allylic oxidation sites excluding steroid dienone is 1. The average molecular weight is 460 g/mol. The SMILES string of the molecule is C=CC[C@@H]1[C@H](C(C)(C)OC(=O)OCc2ccc([N+](=O)[O-])cc2)C(=O)N1C(C(=O)OC)=C(C)C. The molecule has 1 aromatic carbocycles. The number of carbonyl (C=O) groups is 3. The summed E-state index contributed by atoms with van der Waals surface area (Å²) in [7, 11) is 1.24. The van der Waals surface area contributed by atoms with Crippen LogP contribution in [0.25, 0.3) is 0 Å². The zero-order valence-corrected chi connectivity index (χ0v) is 19.3. The van der Waals surface area contributed by atoms with Crippen LogP contribution in [-0.2, 0) is 30.4 Å². The third-order valence-electron chi connectivity index (χ3n) is 5.32. The second kappa shape index (κ2) is 10.3. The number of β-lactam (4-membered cyclic amide) rings is 1. The van der Waals surface area contributed by atoms with Gasteiger partial charge in [0.05, 0.1) is 24.0 Å². The Labute approximate surface area is 191 Å². The molecule has 0 N–H and O–H groups in total. The highest BCUT2D eigenvalue weighted by atomic mass is 16.7. The van der Waals surface area contributed by atoms with Crippen molar-refractivity contribution in [3.05, 3.63) is 63.9 Å². The summed E-state index contributed by atoms with van der Waals surface area (Å²) in [4.78, 5) is 49.2. The van der Waals surface area contributed by atoms with Crippen molar-refractivity contribution in [3.63, 3.8) is 0 Å². The van der Waals surface area contributed by atoms with Gasteiger partial charge in [0.2, 0.25) is 5.91 Å². The number of nitro benzene ring substituents is 1. The Balaban J connectivity index is 2.11. The summed E-state index contributed by atoms with van der Waals surface area (Å²) in [5.41, 5.74) is -0.00827. The van der Waals surface area contributed by atoms with Crippen molar-refractivity contribution in [3.8, 4) is 0 Å². The smallest absolute Gasteiger partial charge is 0.464 e. The van der Waals surface area contributed by atoms with Crippen LogP contribution >= 0.6 is 0 Å². The second-order valence-corrected chi connectivity index (χ2v) is 8.29. The molecule has 10 nitrogen and oxygen atoms in total. The minimum Gasteiger partial charge on any atom is -0.464 e. The average Bonchev–Trinajstić information content (AvgIpc) is 2.74. The monoisotopic (exact) mass is 460 g/mol. The number of likely N-dealkylation sites (tertiary alicyclic amines) is 1. The molecule has 1 aliphatic heterocycles. The maximum absolute atomic E-state index is 13.1. The topological polar surface area (TPSA) is 125 Å². The van der Waals surface area contributed by atoms with E-state index in [1.165, 1.54) is 36.3 Å². The van der Waals surface area contributed by atoms with Crippen molar-refractivity contribution in [2.24, 2.45) is 5.92 Å². The first-order valence-electron chi connectivity index (χ1n) is 10.2. The molecule has 1 heterocycles. The van der Waals surface area contributed by atoms with E-state index in [-0.39, 0.29) is 23.9 Å². The molecule has 1 aromatic rings. The first-order chi connectivity index (χ1) is 15.4. The Morgan fingerprint density at radius 3 is 2.33 bits per heavy atom. The van der Waals surface area contributed by atoms with Crippen LogP contribution in [0.3, 0.4) is 0 Å². The maximum atomic E-state index is 13.1. The fourth-order valence-corrected chi connectivity index (χ4v) is 3.80. The van der Waals surface area contributed by atoms with E-state index in [1.807, 2.05) is 0 Å². The van der Waals surface area contributed by atoms with Gasteiger partial charge >= 0.3 is 12.1 Å². The Morgan fingerprint density at radius 2 is 1.85 bits per heavy atom. The van der Waals surface area contributed by atoms with Gasteiger partial charge in [-0.2, -0.15) is 0 Å². The van der Waals surface area contributed by atoms with Crippen LogP contribution in [0.5, 0.6) is 0 Å². The van der Waals surface area contributed by atoms with Crippen molar-refractivity contribution in [1.29, 1.82) is 0 Å². The van der Waals surface area contributed by atoms with Crippen LogP contribution in [0.1, 0.15) is 39.7 Å². The van der Waals surface area contributed by atoms with Crippen molar-refractivity contribution in [2.45, 2.75) is 52.4 Å². The number of non-ortho nitro benzene ring substituents is 1. The van der Waals surface area contributed by atoms with Crippen LogP contribution in [0.2, 0.25) is 0 Å². The number of carbonyl (C=O) groups excluding carboxylic acids is 3. The molecule has 0 radical (unpaired) electrons. The standard InChI is InChI=1S/C23H28N2O8/c1-7-8-17-18(20(26)24(17)19(14(2)3)21(27)31-6)23(4,5)33-22(28)32-13-15-9-11-16(12-10-15)25(29)30/h7,9-12,17-18H,1,8,13H2,2-6H3/t17-,18+/m1/s1. The quantitative estimate of drug-likeness (QED) is 0.136. The molecule has 0 saturated carbocycles. The lowest BCUT2D eigenvalue weighted by Gasteiger charge is -2.52. The predicted octanol–water partition coefficient (Wildman–Crippen LogP) is 3.90. The summed E-state index contributed by atoms with van der Waals surface area (Å²) < 4.78 is 15.4. The minimum atomic E-state index is -1.24. The van der Waals surface area contributed by atoms with E-state index in [2.05, 4.69) is 6.58 Å². The molecule has 0 bridgehead atoms. The van der Waals surface area contributed by atoms with E-state index in [4.69, 9.17) is 14.2 Å². The summed E-state index contributed by atoms with van der Waals surface area (Å²) in [5.74, 6) is -1.74. The summed E-state index contributed by atoms with van der Waals surface area (Å²) in [6.07, 6.45) is 1.01. The fourth-order valence-electron chi connectivity index (χ4n) is 3.80. The molecule has 0 aromatic heterocycles. The van der Waals surface area contributed by atoms with Gasteiger partial charge in [-0.05, 0) is 57.4 Å². The number of benzene rings is 1. The normalized spacial score (nSPS) is 17.5. The number of esters is 1. The van der Waals surface area contributed by atoms with Gasteiger partial charge in [-0.3, -0.25) is 14.9 Å². The maximum Gasteiger partial charge on any atom is 0.509 e. The number of nitrogens with zero attached hydrogens (tertiary/aromatic N) is 2. The lowest BCUT2D eigenvalue weighted by Crippen LogP contribution is -2.68. The third kappa shape index (κ3) is 5.57. The predicted molar refractivity (Wildman–Crippen MR) is 118 cm³/mol. The molecule has 178 valence electrons. The third-order valence-corrected chi connectivity index (χ3v) is 5.32. The minimum absolute atomic E-state index is 0.0774. The number of rotatable bonds is 9. The van der Waals surface area contributed by atoms with E-state index in [0.29, 0.717) is 17.6 Å². The van der Waals surface area contributed by atoms with Crippen LogP contribution in [0.4, 0.5) is 10.5 Å². The van der Waals surface area contributed by atoms with Crippen molar-refractivity contribution < 1.29 is 33.5 Å². The Kier molecular flexibility index (Phi) is 7.97. The molecule has 2 rings (SSSR count). The molecule has 2 atom stereocenters. The van der Waals surface area contributed by atoms with Gasteiger partial charge in [0, 0.05) is 12.1 Å². The molecular formula is C23H28N2O8. The van der Waals surface area contributed by atoms with E-state index < -0.39 is 34.6 Å². The largest absolute Gasteiger partial charge is 0.509 e. The van der Waals surface area contributed by atoms with E-state index in [1.54, 1.807) is 33.8 Å². The van der Waals surface area contributed by atoms with Gasteiger partial charge in [-0.1, -0.05) is 6.08 Å². The van der Waals surface area contributed by atoms with Crippen LogP contribution < -0.4 is 0 Å². The molecular weight excluding hydrogens is 432 g/mol. The Morgan fingerprint density at radius 1 is 1.24 bits per heavy atom. The molecule has 0 aliphatic carbocycles. The van der Waals surface area contributed by atoms with Crippen LogP contribution in [0.15, 0.2) is 48.2 Å². The number of nitro groups is 1. The van der Waals surface area contributed by atoms with E-state index in [9.17, 15) is 24.5 Å². The second-order valence-electron chi connectivity index (χ2n) is 8.29. The Bertz CT molecular complexity index is 977. The number of methoxy groups -OCH3 is 1. The zero-order valence-electron chi connectivity index (χ0n) is 19.3. The zero-order chi connectivity index (χ0) is 24.9. The Hall–Kier alpha value is -3.69. The molecule has 0 spiro atoms. The van der Waals surface area contributed by atoms with Gasteiger partial charge < -0.3 is 19.1 Å². The molecule has 0 unspecified atom stereocenters. The molecule has 33 heavy (non-hydrogen) atoms. The first kappa shape index (κ1) is 25.6. The summed E-state index contributed by atoms with van der Waals surface area (Å²) in [6.45, 7) is 10.2. The summed E-state index contributed by atoms with van der Waals surface area (Å²) in [5, 5.41) is 10.7. The summed E-state index contributed by atoms with van der Waals surface area (Å²) in [6, 6.07) is 5.08. The summed E-state index contributed by atoms with van der Waals surface area (Å²) >= 11 is 0. The number of amides is 1. The van der Waals surface area contributed by atoms with Crippen molar-refractivity contribution in [1.82, 2.24) is 4.90 Å². The van der Waals surface area contributed by atoms with Gasteiger partial charge in [0.1, 0.15) is 17.9 Å². The lowest BCUT2D eigenvalue weighted by atomic mass is 9.74. The fraction of sp³-hybridized carbons (Fsp3) is 0.435. The van der Waals surface area contributed by atoms with Gasteiger partial charge in [0.15, 0.2) is 0 Å². The van der Waals surface area contributed by atoms with Crippen molar-refractivity contribution >= 4 is 23.7 Å². The van der Waals surface area contributed by atoms with E-state index >= 15 is 0 Å². The highest BCUT2D eigenvalue weighted by molar-refractivity contribution is 5.99. The van der Waals surface area contributed by atoms with Gasteiger partial charge in [-0.25, -0.2) is 9.59 Å². The van der Waals surface area contributed by atoms with E-state index in [0.717, 1.165) is 0 Å². The van der Waals surface area contributed by atoms with Crippen LogP contribution in [-0.4, -0.2) is 46.6 Å². The molecule has 1 amide bonds. The number of hydrogen-bond donors (Lipinski definition) is 0. The van der Waals surface area contributed by atoms with Crippen LogP contribution in [0, 0.1) is 16.0 Å². The number of ether oxygens (including phenoxy) is 3. The van der Waals surface area contributed by atoms with Gasteiger partial charge in [-0.15, -0.1) is 6.58 Å². The molecule has 1 fully saturated rings. The molecule has 1 saturated heterocycles. The van der Waals surface area contributed by atoms with Gasteiger partial charge in [0.25, 0.3) is 5.69 Å².